The second kappa shape index (κ2) is 6.78. The largest absolute Gasteiger partial charge is 0.444 e. The van der Waals surface area contributed by atoms with Gasteiger partial charge >= 0.3 is 6.09 Å². The molecule has 2 aromatic rings. The number of ether oxygens (including phenoxy) is 1. The lowest BCUT2D eigenvalue weighted by Gasteiger charge is -2.11. The van der Waals surface area contributed by atoms with Crippen LogP contribution < -0.4 is 5.32 Å². The third-order valence-corrected chi connectivity index (χ3v) is 3.08. The molecule has 1 N–H and O–H groups in total. The quantitative estimate of drug-likeness (QED) is 0.920. The van der Waals surface area contributed by atoms with E-state index in [4.69, 9.17) is 21.6 Å². The SMILES string of the molecule is Cc1cc(Cl)cc(C#N)c1NC(=O)OCc1ccccc1. The summed E-state index contributed by atoms with van der Waals surface area (Å²) in [5.74, 6) is 0. The van der Waals surface area contributed by atoms with E-state index < -0.39 is 6.09 Å². The lowest BCUT2D eigenvalue weighted by molar-refractivity contribution is 0.155. The summed E-state index contributed by atoms with van der Waals surface area (Å²) in [7, 11) is 0. The zero-order valence-electron chi connectivity index (χ0n) is 11.4. The van der Waals surface area contributed by atoms with Crippen LogP contribution in [-0.4, -0.2) is 6.09 Å². The van der Waals surface area contributed by atoms with Crippen LogP contribution in [0, 0.1) is 18.3 Å². The summed E-state index contributed by atoms with van der Waals surface area (Å²) in [5, 5.41) is 12.1. The molecule has 0 heterocycles. The summed E-state index contributed by atoms with van der Waals surface area (Å²) in [6, 6.07) is 14.5. The van der Waals surface area contributed by atoms with Gasteiger partial charge in [0.05, 0.1) is 11.3 Å². The number of hydrogen-bond acceptors (Lipinski definition) is 3. The number of carbonyl (C=O) groups excluding carboxylic acids is 1. The molecule has 2 rings (SSSR count). The van der Waals surface area contributed by atoms with E-state index in [1.54, 1.807) is 13.0 Å². The van der Waals surface area contributed by atoms with E-state index in [0.717, 1.165) is 5.56 Å². The molecule has 0 aromatic heterocycles. The van der Waals surface area contributed by atoms with Gasteiger partial charge in [0, 0.05) is 5.02 Å². The van der Waals surface area contributed by atoms with Gasteiger partial charge in [-0.3, -0.25) is 5.32 Å². The normalized spacial score (nSPS) is 9.76. The number of aryl methyl sites for hydroxylation is 1. The van der Waals surface area contributed by atoms with Gasteiger partial charge < -0.3 is 4.74 Å². The van der Waals surface area contributed by atoms with E-state index >= 15 is 0 Å². The van der Waals surface area contributed by atoms with Crippen molar-refractivity contribution in [2.75, 3.05) is 5.32 Å². The van der Waals surface area contributed by atoms with Gasteiger partial charge in [-0.1, -0.05) is 41.9 Å². The lowest BCUT2D eigenvalue weighted by atomic mass is 10.1. The Hall–Kier alpha value is -2.51. The number of benzene rings is 2. The molecular weight excluding hydrogens is 288 g/mol. The first kappa shape index (κ1) is 14.9. The first-order valence-electron chi connectivity index (χ1n) is 6.28. The molecule has 0 unspecified atom stereocenters. The van der Waals surface area contributed by atoms with Crippen LogP contribution in [0.15, 0.2) is 42.5 Å². The lowest BCUT2D eigenvalue weighted by Crippen LogP contribution is -2.15. The van der Waals surface area contributed by atoms with Gasteiger partial charge in [0.2, 0.25) is 0 Å². The first-order valence-corrected chi connectivity index (χ1v) is 6.66. The van der Waals surface area contributed by atoms with E-state index in [2.05, 4.69) is 5.32 Å². The molecule has 0 aliphatic rings. The zero-order chi connectivity index (χ0) is 15.2. The summed E-state index contributed by atoms with van der Waals surface area (Å²) in [6.07, 6.45) is -0.610. The Bertz CT molecular complexity index is 693. The van der Waals surface area contributed by atoms with Crippen molar-refractivity contribution in [3.05, 3.63) is 64.2 Å². The predicted octanol–water partition coefficient (Wildman–Crippen LogP) is 4.27. The van der Waals surface area contributed by atoms with Crippen molar-refractivity contribution in [2.45, 2.75) is 13.5 Å². The number of nitrogens with zero attached hydrogens (tertiary/aromatic N) is 1. The van der Waals surface area contributed by atoms with Crippen LogP contribution in [0.5, 0.6) is 0 Å². The Morgan fingerprint density at radius 1 is 1.33 bits per heavy atom. The number of nitrogens with one attached hydrogen (secondary N) is 1. The van der Waals surface area contributed by atoms with Gasteiger partial charge in [-0.05, 0) is 30.2 Å². The molecule has 106 valence electrons. The minimum atomic E-state index is -0.610. The molecule has 1 amide bonds. The van der Waals surface area contributed by atoms with Crippen LogP contribution in [0.1, 0.15) is 16.7 Å². The summed E-state index contributed by atoms with van der Waals surface area (Å²) >= 11 is 5.88. The third-order valence-electron chi connectivity index (χ3n) is 2.86. The molecule has 21 heavy (non-hydrogen) atoms. The third kappa shape index (κ3) is 3.98. The van der Waals surface area contributed by atoms with Gasteiger partial charge in [0.15, 0.2) is 0 Å². The molecule has 4 nitrogen and oxygen atoms in total. The van der Waals surface area contributed by atoms with Crippen LogP contribution in [0.25, 0.3) is 0 Å². The van der Waals surface area contributed by atoms with E-state index in [-0.39, 0.29) is 6.61 Å². The summed E-state index contributed by atoms with van der Waals surface area (Å²) < 4.78 is 5.12. The number of anilines is 1. The van der Waals surface area contributed by atoms with Crippen LogP contribution in [0.2, 0.25) is 5.02 Å². The highest BCUT2D eigenvalue weighted by Gasteiger charge is 2.11. The van der Waals surface area contributed by atoms with Crippen molar-refractivity contribution < 1.29 is 9.53 Å². The number of amides is 1. The molecule has 0 radical (unpaired) electrons. The second-order valence-corrected chi connectivity index (χ2v) is 4.88. The number of carbonyl (C=O) groups is 1. The van der Waals surface area contributed by atoms with Crippen LogP contribution in [0.4, 0.5) is 10.5 Å². The molecule has 0 bridgehead atoms. The Labute approximate surface area is 127 Å². The van der Waals surface area contributed by atoms with Crippen molar-refractivity contribution >= 4 is 23.4 Å². The van der Waals surface area contributed by atoms with Crippen LogP contribution >= 0.6 is 11.6 Å². The Balaban J connectivity index is 2.05. The summed E-state index contributed by atoms with van der Waals surface area (Å²) in [5.41, 5.74) is 2.31. The molecule has 5 heteroatoms. The zero-order valence-corrected chi connectivity index (χ0v) is 12.1. The van der Waals surface area contributed by atoms with E-state index in [0.29, 0.717) is 21.8 Å². The van der Waals surface area contributed by atoms with Gasteiger partial charge in [-0.25, -0.2) is 4.79 Å². The Kier molecular flexibility index (Phi) is 4.81. The number of halogens is 1. The molecule has 0 saturated carbocycles. The van der Waals surface area contributed by atoms with E-state index in [1.807, 2.05) is 36.4 Å². The molecule has 0 fully saturated rings. The highest BCUT2D eigenvalue weighted by molar-refractivity contribution is 6.31. The predicted molar refractivity (Wildman–Crippen MR) is 81.2 cm³/mol. The maximum Gasteiger partial charge on any atom is 0.412 e. The van der Waals surface area contributed by atoms with Gasteiger partial charge in [-0.2, -0.15) is 5.26 Å². The molecule has 2 aromatic carbocycles. The highest BCUT2D eigenvalue weighted by Crippen LogP contribution is 2.25. The monoisotopic (exact) mass is 300 g/mol. The van der Waals surface area contributed by atoms with Crippen LogP contribution in [-0.2, 0) is 11.3 Å². The van der Waals surface area contributed by atoms with Crippen molar-refractivity contribution in [1.82, 2.24) is 0 Å². The number of hydrogen-bond donors (Lipinski definition) is 1. The van der Waals surface area contributed by atoms with E-state index in [9.17, 15) is 4.79 Å². The molecule has 0 aliphatic carbocycles. The second-order valence-electron chi connectivity index (χ2n) is 4.44. The average Bonchev–Trinajstić information content (AvgIpc) is 2.48. The summed E-state index contributed by atoms with van der Waals surface area (Å²) in [4.78, 5) is 11.8. The van der Waals surface area contributed by atoms with Crippen molar-refractivity contribution in [3.8, 4) is 6.07 Å². The smallest absolute Gasteiger partial charge is 0.412 e. The van der Waals surface area contributed by atoms with Crippen molar-refractivity contribution in [1.29, 1.82) is 5.26 Å². The maximum absolute atomic E-state index is 11.8. The fourth-order valence-corrected chi connectivity index (χ4v) is 2.13. The fourth-order valence-electron chi connectivity index (χ4n) is 1.86. The van der Waals surface area contributed by atoms with Crippen LogP contribution in [0.3, 0.4) is 0 Å². The summed E-state index contributed by atoms with van der Waals surface area (Å²) in [6.45, 7) is 1.93. The van der Waals surface area contributed by atoms with Crippen molar-refractivity contribution in [3.63, 3.8) is 0 Å². The van der Waals surface area contributed by atoms with Gasteiger partial charge in [0.1, 0.15) is 12.7 Å². The molecule has 0 aliphatic heterocycles. The minimum absolute atomic E-state index is 0.168. The fraction of sp³-hybridized carbons (Fsp3) is 0.125. The first-order chi connectivity index (χ1) is 10.1. The topological polar surface area (TPSA) is 62.1 Å². The number of rotatable bonds is 3. The maximum atomic E-state index is 11.8. The molecule has 0 atom stereocenters. The van der Waals surface area contributed by atoms with Gasteiger partial charge in [0.25, 0.3) is 0 Å². The van der Waals surface area contributed by atoms with Gasteiger partial charge in [-0.15, -0.1) is 0 Å². The van der Waals surface area contributed by atoms with E-state index in [1.165, 1.54) is 6.07 Å². The molecular formula is C16H13ClN2O2. The molecule has 0 saturated heterocycles. The Morgan fingerprint density at radius 3 is 2.71 bits per heavy atom. The number of nitriles is 1. The standard InChI is InChI=1S/C16H13ClN2O2/c1-11-7-14(17)8-13(9-18)15(11)19-16(20)21-10-12-5-3-2-4-6-12/h2-8H,10H2,1H3,(H,19,20). The Morgan fingerprint density at radius 2 is 2.05 bits per heavy atom. The molecule has 0 spiro atoms. The highest BCUT2D eigenvalue weighted by atomic mass is 35.5. The average molecular weight is 301 g/mol. The minimum Gasteiger partial charge on any atom is -0.444 e. The van der Waals surface area contributed by atoms with Crippen molar-refractivity contribution in [2.24, 2.45) is 0 Å².